The summed E-state index contributed by atoms with van der Waals surface area (Å²) < 4.78 is 5.43. The van der Waals surface area contributed by atoms with Gasteiger partial charge in [0.2, 0.25) is 5.91 Å². The van der Waals surface area contributed by atoms with Gasteiger partial charge in [0.15, 0.2) is 5.76 Å². The molecule has 6 heteroatoms. The standard InChI is InChI=1S/C27H31N3O3/c1-20-7-5-8-21(19-20)14-17-30(27(32)24-11-6-18-33-24)25(22-12-15-28-16-13-22)26(31)29-23-9-3-2-4-10-23/h5-8,11-13,15-16,18-19,23,25H,2-4,9-10,14,17H2,1H3,(H,29,31). The molecule has 1 fully saturated rings. The number of amides is 2. The molecule has 0 saturated heterocycles. The highest BCUT2D eigenvalue weighted by Crippen LogP contribution is 2.26. The fourth-order valence-electron chi connectivity index (χ4n) is 4.55. The maximum atomic E-state index is 13.6. The Hall–Kier alpha value is -3.41. The Morgan fingerprint density at radius 2 is 1.88 bits per heavy atom. The monoisotopic (exact) mass is 445 g/mol. The van der Waals surface area contributed by atoms with Gasteiger partial charge in [-0.3, -0.25) is 14.6 Å². The van der Waals surface area contributed by atoms with E-state index in [-0.39, 0.29) is 23.6 Å². The number of aryl methyl sites for hydroxylation is 1. The first kappa shape index (κ1) is 22.8. The first-order valence-electron chi connectivity index (χ1n) is 11.7. The van der Waals surface area contributed by atoms with Gasteiger partial charge in [-0.15, -0.1) is 0 Å². The van der Waals surface area contributed by atoms with E-state index in [2.05, 4.69) is 16.4 Å². The number of carbonyl (C=O) groups is 2. The normalized spacial score (nSPS) is 15.1. The molecule has 1 aromatic carbocycles. The van der Waals surface area contributed by atoms with Crippen molar-refractivity contribution in [1.29, 1.82) is 0 Å². The van der Waals surface area contributed by atoms with Gasteiger partial charge in [0.25, 0.3) is 5.91 Å². The van der Waals surface area contributed by atoms with Gasteiger partial charge in [-0.2, -0.15) is 0 Å². The number of nitrogens with zero attached hydrogens (tertiary/aromatic N) is 2. The number of benzene rings is 1. The van der Waals surface area contributed by atoms with Crippen molar-refractivity contribution < 1.29 is 14.0 Å². The molecule has 0 bridgehead atoms. The number of hydrogen-bond donors (Lipinski definition) is 1. The van der Waals surface area contributed by atoms with Gasteiger partial charge in [-0.25, -0.2) is 0 Å². The molecule has 1 unspecified atom stereocenters. The summed E-state index contributed by atoms with van der Waals surface area (Å²) >= 11 is 0. The average molecular weight is 446 g/mol. The zero-order valence-corrected chi connectivity index (χ0v) is 19.1. The molecule has 172 valence electrons. The second-order valence-corrected chi connectivity index (χ2v) is 8.74. The molecule has 4 rings (SSSR count). The lowest BCUT2D eigenvalue weighted by Gasteiger charge is -2.33. The topological polar surface area (TPSA) is 75.4 Å². The first-order valence-corrected chi connectivity index (χ1v) is 11.7. The smallest absolute Gasteiger partial charge is 0.290 e. The van der Waals surface area contributed by atoms with Crippen molar-refractivity contribution in [3.05, 3.63) is 89.6 Å². The Kier molecular flexibility index (Phi) is 7.55. The number of rotatable bonds is 8. The minimum atomic E-state index is -0.766. The molecular formula is C27H31N3O3. The molecule has 1 aliphatic rings. The number of hydrogen-bond acceptors (Lipinski definition) is 4. The van der Waals surface area contributed by atoms with E-state index in [0.717, 1.165) is 42.4 Å². The lowest BCUT2D eigenvalue weighted by atomic mass is 9.94. The van der Waals surface area contributed by atoms with Gasteiger partial charge in [0.05, 0.1) is 6.26 Å². The van der Waals surface area contributed by atoms with Crippen molar-refractivity contribution in [3.63, 3.8) is 0 Å². The van der Waals surface area contributed by atoms with Crippen LogP contribution in [0.4, 0.5) is 0 Å². The van der Waals surface area contributed by atoms with Crippen molar-refractivity contribution in [2.45, 2.75) is 57.5 Å². The molecule has 0 radical (unpaired) electrons. The van der Waals surface area contributed by atoms with Crippen LogP contribution in [0.25, 0.3) is 0 Å². The molecule has 1 aliphatic carbocycles. The molecule has 3 aromatic rings. The first-order chi connectivity index (χ1) is 16.1. The Labute approximate surface area is 195 Å². The van der Waals surface area contributed by atoms with Crippen LogP contribution in [0, 0.1) is 6.92 Å². The van der Waals surface area contributed by atoms with Gasteiger partial charge in [-0.05, 0) is 61.6 Å². The summed E-state index contributed by atoms with van der Waals surface area (Å²) in [7, 11) is 0. The van der Waals surface area contributed by atoms with Crippen LogP contribution < -0.4 is 5.32 Å². The number of pyridine rings is 1. The summed E-state index contributed by atoms with van der Waals surface area (Å²) in [5, 5.41) is 3.22. The van der Waals surface area contributed by atoms with E-state index in [0.29, 0.717) is 13.0 Å². The van der Waals surface area contributed by atoms with E-state index >= 15 is 0 Å². The number of carbonyl (C=O) groups excluding carboxylic acids is 2. The van der Waals surface area contributed by atoms with E-state index in [1.165, 1.54) is 12.7 Å². The highest BCUT2D eigenvalue weighted by Gasteiger charge is 2.34. The fourth-order valence-corrected chi connectivity index (χ4v) is 4.55. The van der Waals surface area contributed by atoms with Crippen LogP contribution in [0.1, 0.15) is 65.4 Å². The average Bonchev–Trinajstić information content (AvgIpc) is 3.37. The molecule has 1 saturated carbocycles. The highest BCUT2D eigenvalue weighted by molar-refractivity contribution is 5.96. The van der Waals surface area contributed by atoms with Crippen LogP contribution in [0.2, 0.25) is 0 Å². The van der Waals surface area contributed by atoms with Gasteiger partial charge < -0.3 is 14.6 Å². The van der Waals surface area contributed by atoms with Crippen LogP contribution in [0.15, 0.2) is 71.6 Å². The lowest BCUT2D eigenvalue weighted by molar-refractivity contribution is -0.126. The molecule has 1 N–H and O–H groups in total. The van der Waals surface area contributed by atoms with Crippen molar-refractivity contribution in [2.24, 2.45) is 0 Å². The molecule has 1 atom stereocenters. The summed E-state index contributed by atoms with van der Waals surface area (Å²) in [6.07, 6.45) is 10.8. The predicted molar refractivity (Wildman–Crippen MR) is 127 cm³/mol. The molecular weight excluding hydrogens is 414 g/mol. The molecule has 33 heavy (non-hydrogen) atoms. The molecule has 0 aliphatic heterocycles. The van der Waals surface area contributed by atoms with Crippen LogP contribution in [-0.4, -0.2) is 34.3 Å². The van der Waals surface area contributed by atoms with Crippen molar-refractivity contribution in [2.75, 3.05) is 6.54 Å². The second-order valence-electron chi connectivity index (χ2n) is 8.74. The van der Waals surface area contributed by atoms with E-state index in [1.807, 2.05) is 25.1 Å². The largest absolute Gasteiger partial charge is 0.459 e. The third-order valence-electron chi connectivity index (χ3n) is 6.25. The van der Waals surface area contributed by atoms with Gasteiger partial charge in [0.1, 0.15) is 6.04 Å². The van der Waals surface area contributed by atoms with Crippen LogP contribution >= 0.6 is 0 Å². The van der Waals surface area contributed by atoms with Crippen molar-refractivity contribution in [1.82, 2.24) is 15.2 Å². The van der Waals surface area contributed by atoms with E-state index in [9.17, 15) is 9.59 Å². The molecule has 2 aromatic heterocycles. The zero-order chi connectivity index (χ0) is 23.0. The van der Waals surface area contributed by atoms with Crippen molar-refractivity contribution >= 4 is 11.8 Å². The predicted octanol–water partition coefficient (Wildman–Crippen LogP) is 4.86. The van der Waals surface area contributed by atoms with Crippen LogP contribution in [-0.2, 0) is 11.2 Å². The number of nitrogens with one attached hydrogen (secondary N) is 1. The van der Waals surface area contributed by atoms with Crippen LogP contribution in [0.3, 0.4) is 0 Å². The molecule has 0 spiro atoms. The zero-order valence-electron chi connectivity index (χ0n) is 19.1. The summed E-state index contributed by atoms with van der Waals surface area (Å²) in [6, 6.07) is 14.5. The summed E-state index contributed by atoms with van der Waals surface area (Å²) in [5.74, 6) is -0.228. The van der Waals surface area contributed by atoms with E-state index in [4.69, 9.17) is 4.42 Å². The minimum Gasteiger partial charge on any atom is -0.459 e. The molecule has 2 heterocycles. The summed E-state index contributed by atoms with van der Waals surface area (Å²) in [5.41, 5.74) is 3.02. The van der Waals surface area contributed by atoms with Gasteiger partial charge in [-0.1, -0.05) is 49.1 Å². The van der Waals surface area contributed by atoms with Crippen molar-refractivity contribution in [3.8, 4) is 0 Å². The third-order valence-corrected chi connectivity index (χ3v) is 6.25. The minimum absolute atomic E-state index is 0.146. The second kappa shape index (κ2) is 10.9. The Morgan fingerprint density at radius 3 is 2.58 bits per heavy atom. The number of aromatic nitrogens is 1. The Bertz CT molecular complexity index is 1040. The Balaban J connectivity index is 1.65. The lowest BCUT2D eigenvalue weighted by Crippen LogP contribution is -2.47. The summed E-state index contributed by atoms with van der Waals surface area (Å²) in [6.45, 7) is 2.43. The quantitative estimate of drug-likeness (QED) is 0.537. The SMILES string of the molecule is Cc1cccc(CCN(C(=O)c2ccco2)C(C(=O)NC2CCCCC2)c2ccncc2)c1. The number of furan rings is 1. The van der Waals surface area contributed by atoms with Crippen LogP contribution in [0.5, 0.6) is 0 Å². The fraction of sp³-hybridized carbons (Fsp3) is 0.370. The van der Waals surface area contributed by atoms with E-state index < -0.39 is 6.04 Å². The summed E-state index contributed by atoms with van der Waals surface area (Å²) in [4.78, 5) is 32.9. The maximum absolute atomic E-state index is 13.6. The van der Waals surface area contributed by atoms with E-state index in [1.54, 1.807) is 41.6 Å². The molecule has 2 amide bonds. The van der Waals surface area contributed by atoms with Gasteiger partial charge >= 0.3 is 0 Å². The molecule has 6 nitrogen and oxygen atoms in total. The third kappa shape index (κ3) is 5.89. The maximum Gasteiger partial charge on any atom is 0.290 e. The Morgan fingerprint density at radius 1 is 1.09 bits per heavy atom. The highest BCUT2D eigenvalue weighted by atomic mass is 16.3. The van der Waals surface area contributed by atoms with Gasteiger partial charge in [0, 0.05) is 25.0 Å².